The second-order valence-corrected chi connectivity index (χ2v) is 3.87. The van der Waals surface area contributed by atoms with Crippen LogP contribution in [0.1, 0.15) is 13.3 Å². The first-order valence-corrected chi connectivity index (χ1v) is 4.69. The van der Waals surface area contributed by atoms with E-state index in [1.807, 2.05) is 0 Å². The van der Waals surface area contributed by atoms with E-state index in [2.05, 4.69) is 18.7 Å². The molecule has 2 rings (SSSR count). The molecule has 0 aromatic carbocycles. The van der Waals surface area contributed by atoms with E-state index in [1.54, 1.807) is 0 Å². The lowest BCUT2D eigenvalue weighted by Gasteiger charge is -2.19. The third kappa shape index (κ3) is 1.41. The second kappa shape index (κ2) is 3.02. The summed E-state index contributed by atoms with van der Waals surface area (Å²) in [5, 5.41) is 0. The Morgan fingerprint density at radius 1 is 1.69 bits per heavy atom. The largest absolute Gasteiger partial charge is 0.465 e. The van der Waals surface area contributed by atoms with E-state index >= 15 is 0 Å². The van der Waals surface area contributed by atoms with E-state index in [1.165, 1.54) is 18.9 Å². The van der Waals surface area contributed by atoms with Gasteiger partial charge in [0.1, 0.15) is 0 Å². The lowest BCUT2D eigenvalue weighted by molar-refractivity contribution is -0.142. The van der Waals surface area contributed by atoms with E-state index in [9.17, 15) is 4.79 Å². The molecule has 2 heteroatoms. The number of ether oxygens (including phenoxy) is 1. The number of esters is 1. The van der Waals surface area contributed by atoms with Crippen LogP contribution in [0.4, 0.5) is 0 Å². The molecule has 0 saturated heterocycles. The number of carbonyl (C=O) groups excluding carboxylic acids is 1. The maximum Gasteiger partial charge on any atom is 0.302 e. The van der Waals surface area contributed by atoms with Crippen LogP contribution in [0.2, 0.25) is 0 Å². The monoisotopic (exact) mass is 178 g/mol. The summed E-state index contributed by atoms with van der Waals surface area (Å²) in [6, 6.07) is 0. The van der Waals surface area contributed by atoms with Gasteiger partial charge in [0.15, 0.2) is 0 Å². The molecule has 0 amide bonds. The van der Waals surface area contributed by atoms with Crippen LogP contribution in [-0.4, -0.2) is 12.6 Å². The molecular formula is C11H14O2. The van der Waals surface area contributed by atoms with Crippen LogP contribution >= 0.6 is 0 Å². The van der Waals surface area contributed by atoms with Crippen LogP contribution in [0, 0.1) is 17.8 Å². The molecule has 13 heavy (non-hydrogen) atoms. The average molecular weight is 178 g/mol. The van der Waals surface area contributed by atoms with Crippen molar-refractivity contribution in [3.05, 3.63) is 24.3 Å². The summed E-state index contributed by atoms with van der Waals surface area (Å²) in [6.07, 6.45) is 5.62. The van der Waals surface area contributed by atoms with Crippen molar-refractivity contribution in [2.75, 3.05) is 6.61 Å². The summed E-state index contributed by atoms with van der Waals surface area (Å²) >= 11 is 0. The summed E-state index contributed by atoms with van der Waals surface area (Å²) in [6.45, 7) is 6.02. The molecule has 0 radical (unpaired) electrons. The minimum absolute atomic E-state index is 0.195. The molecule has 2 nitrogen and oxygen atoms in total. The van der Waals surface area contributed by atoms with Gasteiger partial charge in [-0.2, -0.15) is 0 Å². The fraction of sp³-hybridized carbons (Fsp3) is 0.545. The van der Waals surface area contributed by atoms with Gasteiger partial charge in [0.2, 0.25) is 0 Å². The van der Waals surface area contributed by atoms with Crippen molar-refractivity contribution in [1.82, 2.24) is 0 Å². The van der Waals surface area contributed by atoms with Gasteiger partial charge in [-0.25, -0.2) is 0 Å². The molecular weight excluding hydrogens is 164 g/mol. The van der Waals surface area contributed by atoms with Gasteiger partial charge in [0.05, 0.1) is 6.61 Å². The van der Waals surface area contributed by atoms with Crippen LogP contribution in [0.5, 0.6) is 0 Å². The number of fused-ring (bicyclic) bond motifs is 2. The predicted molar refractivity (Wildman–Crippen MR) is 50.0 cm³/mol. The average Bonchev–Trinajstić information content (AvgIpc) is 2.61. The molecule has 0 spiro atoms. The van der Waals surface area contributed by atoms with Gasteiger partial charge in [0, 0.05) is 12.8 Å². The van der Waals surface area contributed by atoms with Crippen molar-refractivity contribution < 1.29 is 9.53 Å². The zero-order chi connectivity index (χ0) is 9.42. The van der Waals surface area contributed by atoms with Crippen molar-refractivity contribution in [3.8, 4) is 0 Å². The van der Waals surface area contributed by atoms with E-state index in [4.69, 9.17) is 4.74 Å². The van der Waals surface area contributed by atoms with Crippen LogP contribution in [0.3, 0.4) is 0 Å². The summed E-state index contributed by atoms with van der Waals surface area (Å²) < 4.78 is 5.02. The highest BCUT2D eigenvalue weighted by molar-refractivity contribution is 5.65. The van der Waals surface area contributed by atoms with Crippen LogP contribution in [-0.2, 0) is 9.53 Å². The van der Waals surface area contributed by atoms with E-state index < -0.39 is 0 Å². The molecule has 1 saturated carbocycles. The minimum atomic E-state index is -0.195. The van der Waals surface area contributed by atoms with Crippen LogP contribution in [0.25, 0.3) is 0 Å². The fourth-order valence-electron chi connectivity index (χ4n) is 2.29. The first-order valence-electron chi connectivity index (χ1n) is 4.69. The SMILES string of the molecule is C=C1C(COC(C)=O)[C@@H]2C=C[C@H]1C2. The normalized spacial score (nSPS) is 35.5. The Labute approximate surface area is 78.3 Å². The number of hydrogen-bond donors (Lipinski definition) is 0. The molecule has 0 heterocycles. The van der Waals surface area contributed by atoms with Crippen molar-refractivity contribution in [2.24, 2.45) is 17.8 Å². The van der Waals surface area contributed by atoms with E-state index in [0.29, 0.717) is 24.4 Å². The Balaban J connectivity index is 1.97. The van der Waals surface area contributed by atoms with Crippen molar-refractivity contribution >= 4 is 5.97 Å². The lowest BCUT2D eigenvalue weighted by Crippen LogP contribution is -2.18. The second-order valence-electron chi connectivity index (χ2n) is 3.87. The maximum absolute atomic E-state index is 10.6. The molecule has 2 bridgehead atoms. The quantitative estimate of drug-likeness (QED) is 0.477. The number of hydrogen-bond acceptors (Lipinski definition) is 2. The van der Waals surface area contributed by atoms with E-state index in [0.717, 1.165) is 0 Å². The van der Waals surface area contributed by atoms with Gasteiger partial charge in [-0.05, 0) is 18.3 Å². The Kier molecular flexibility index (Phi) is 1.98. The zero-order valence-corrected chi connectivity index (χ0v) is 7.82. The Bertz CT molecular complexity index is 278. The van der Waals surface area contributed by atoms with Gasteiger partial charge in [-0.3, -0.25) is 4.79 Å². The number of rotatable bonds is 2. The minimum Gasteiger partial charge on any atom is -0.465 e. The zero-order valence-electron chi connectivity index (χ0n) is 7.82. The van der Waals surface area contributed by atoms with Gasteiger partial charge < -0.3 is 4.74 Å². The van der Waals surface area contributed by atoms with Crippen molar-refractivity contribution in [3.63, 3.8) is 0 Å². The summed E-state index contributed by atoms with van der Waals surface area (Å²) in [7, 11) is 0. The van der Waals surface area contributed by atoms with Gasteiger partial charge >= 0.3 is 5.97 Å². The molecule has 2 aliphatic rings. The first kappa shape index (κ1) is 8.54. The third-order valence-electron chi connectivity index (χ3n) is 3.05. The molecule has 3 atom stereocenters. The number of allylic oxidation sites excluding steroid dienone is 2. The highest BCUT2D eigenvalue weighted by Crippen LogP contribution is 2.46. The smallest absolute Gasteiger partial charge is 0.302 e. The number of carbonyl (C=O) groups is 1. The van der Waals surface area contributed by atoms with Crippen LogP contribution in [0.15, 0.2) is 24.3 Å². The fourth-order valence-corrected chi connectivity index (χ4v) is 2.29. The highest BCUT2D eigenvalue weighted by Gasteiger charge is 2.39. The molecule has 0 aromatic rings. The van der Waals surface area contributed by atoms with Gasteiger partial charge in [-0.15, -0.1) is 0 Å². The third-order valence-corrected chi connectivity index (χ3v) is 3.05. The Morgan fingerprint density at radius 3 is 3.00 bits per heavy atom. The molecule has 1 unspecified atom stereocenters. The van der Waals surface area contributed by atoms with E-state index in [-0.39, 0.29) is 5.97 Å². The van der Waals surface area contributed by atoms with Gasteiger partial charge in [0.25, 0.3) is 0 Å². The highest BCUT2D eigenvalue weighted by atomic mass is 16.5. The topological polar surface area (TPSA) is 26.3 Å². The molecule has 70 valence electrons. The van der Waals surface area contributed by atoms with Gasteiger partial charge in [-0.1, -0.05) is 24.3 Å². The standard InChI is InChI=1S/C11H14O2/c1-7-9-3-4-10(5-9)11(7)6-13-8(2)12/h3-4,9-11H,1,5-6H2,2H3/t9-,10+,11?/m0/s1. The summed E-state index contributed by atoms with van der Waals surface area (Å²) in [5.74, 6) is 1.29. The molecule has 2 aliphatic carbocycles. The summed E-state index contributed by atoms with van der Waals surface area (Å²) in [5.41, 5.74) is 1.24. The van der Waals surface area contributed by atoms with Crippen LogP contribution < -0.4 is 0 Å². The Morgan fingerprint density at radius 2 is 2.46 bits per heavy atom. The Hall–Kier alpha value is -1.05. The molecule has 1 fully saturated rings. The maximum atomic E-state index is 10.6. The first-order chi connectivity index (χ1) is 6.18. The van der Waals surface area contributed by atoms with Crippen molar-refractivity contribution in [1.29, 1.82) is 0 Å². The lowest BCUT2D eigenvalue weighted by atomic mass is 9.90. The van der Waals surface area contributed by atoms with Crippen molar-refractivity contribution in [2.45, 2.75) is 13.3 Å². The molecule has 0 N–H and O–H groups in total. The predicted octanol–water partition coefficient (Wildman–Crippen LogP) is 1.93. The molecule has 0 aliphatic heterocycles. The molecule has 0 aromatic heterocycles. The summed E-state index contributed by atoms with van der Waals surface area (Å²) in [4.78, 5) is 10.6.